The van der Waals surface area contributed by atoms with Crippen LogP contribution in [-0.2, 0) is 10.0 Å². The number of hydrogen-bond donors (Lipinski definition) is 1. The van der Waals surface area contributed by atoms with Crippen LogP contribution in [0.15, 0.2) is 42.5 Å². The average Bonchev–Trinajstić information content (AvgIpc) is 2.67. The Kier molecular flexibility index (Phi) is 6.57. The molecule has 2 aromatic rings. The van der Waals surface area contributed by atoms with Crippen LogP contribution in [0.4, 0.5) is 11.4 Å². The summed E-state index contributed by atoms with van der Waals surface area (Å²) in [6, 6.07) is 10.7. The summed E-state index contributed by atoms with van der Waals surface area (Å²) in [5.41, 5.74) is 0.0560. The number of ketones is 1. The molecule has 3 rings (SSSR count). The molecule has 154 valence electrons. The fourth-order valence-electron chi connectivity index (χ4n) is 3.66. The maximum absolute atomic E-state index is 12.9. The van der Waals surface area contributed by atoms with Crippen molar-refractivity contribution in [3.05, 3.63) is 67.3 Å². The number of sulfonamides is 1. The first-order valence-electron chi connectivity index (χ1n) is 9.29. The van der Waals surface area contributed by atoms with Crippen LogP contribution >= 0.6 is 22.6 Å². The van der Waals surface area contributed by atoms with Crippen molar-refractivity contribution in [2.75, 3.05) is 4.72 Å². The van der Waals surface area contributed by atoms with Crippen molar-refractivity contribution in [1.29, 1.82) is 0 Å². The van der Waals surface area contributed by atoms with Crippen LogP contribution in [0.2, 0.25) is 0 Å². The standard InChI is InChI=1S/C20H21IN2O5S/c1-13-4-2-3-5-19(13)29(27,28)22-17-12-15(8-11-18(17)23(25)26)20(24)14-6-9-16(21)10-7-14/h6-13,19,22H,2-5H2,1H3. The number of rotatable bonds is 6. The number of halogens is 1. The average molecular weight is 528 g/mol. The minimum atomic E-state index is -3.82. The zero-order valence-electron chi connectivity index (χ0n) is 15.8. The second-order valence-corrected chi connectivity index (χ2v) is 10.4. The molecule has 1 fully saturated rings. The maximum Gasteiger partial charge on any atom is 0.293 e. The number of carbonyl (C=O) groups is 1. The van der Waals surface area contributed by atoms with Gasteiger partial charge in [-0.15, -0.1) is 0 Å². The molecule has 2 unspecified atom stereocenters. The van der Waals surface area contributed by atoms with E-state index >= 15 is 0 Å². The van der Waals surface area contributed by atoms with Crippen molar-refractivity contribution in [2.24, 2.45) is 5.92 Å². The highest BCUT2D eigenvalue weighted by Gasteiger charge is 2.34. The number of anilines is 1. The summed E-state index contributed by atoms with van der Waals surface area (Å²) in [6.45, 7) is 1.88. The first-order chi connectivity index (χ1) is 13.7. The Balaban J connectivity index is 1.96. The Labute approximate surface area is 183 Å². The van der Waals surface area contributed by atoms with Gasteiger partial charge in [-0.2, -0.15) is 0 Å². The molecule has 0 amide bonds. The topological polar surface area (TPSA) is 106 Å². The Morgan fingerprint density at radius 1 is 1.10 bits per heavy atom. The third-order valence-corrected chi connectivity index (χ3v) is 7.97. The smallest absolute Gasteiger partial charge is 0.289 e. The van der Waals surface area contributed by atoms with Gasteiger partial charge in [0.2, 0.25) is 10.0 Å². The molecule has 0 aliphatic heterocycles. The van der Waals surface area contributed by atoms with E-state index < -0.39 is 20.2 Å². The van der Waals surface area contributed by atoms with Gasteiger partial charge in [0.05, 0.1) is 10.2 Å². The maximum atomic E-state index is 12.9. The number of nitrogens with zero attached hydrogens (tertiary/aromatic N) is 1. The highest BCUT2D eigenvalue weighted by atomic mass is 127. The van der Waals surface area contributed by atoms with E-state index in [4.69, 9.17) is 0 Å². The Morgan fingerprint density at radius 2 is 1.72 bits per heavy atom. The van der Waals surface area contributed by atoms with Crippen LogP contribution in [0.5, 0.6) is 0 Å². The highest BCUT2D eigenvalue weighted by Crippen LogP contribution is 2.33. The highest BCUT2D eigenvalue weighted by molar-refractivity contribution is 14.1. The quantitative estimate of drug-likeness (QED) is 0.252. The summed E-state index contributed by atoms with van der Waals surface area (Å²) in [6.07, 6.45) is 3.11. The lowest BCUT2D eigenvalue weighted by atomic mass is 9.90. The van der Waals surface area contributed by atoms with E-state index in [0.717, 1.165) is 22.8 Å². The van der Waals surface area contributed by atoms with Gasteiger partial charge in [0.1, 0.15) is 5.69 Å². The molecule has 0 saturated heterocycles. The van der Waals surface area contributed by atoms with Crippen molar-refractivity contribution in [1.82, 2.24) is 0 Å². The largest absolute Gasteiger partial charge is 0.293 e. The number of benzene rings is 2. The summed E-state index contributed by atoms with van der Waals surface area (Å²) in [7, 11) is -3.82. The molecule has 7 nitrogen and oxygen atoms in total. The van der Waals surface area contributed by atoms with E-state index in [1.54, 1.807) is 24.3 Å². The van der Waals surface area contributed by atoms with Crippen molar-refractivity contribution >= 4 is 49.8 Å². The van der Waals surface area contributed by atoms with Gasteiger partial charge < -0.3 is 0 Å². The SMILES string of the molecule is CC1CCCCC1S(=O)(=O)Nc1cc(C(=O)c2ccc(I)cc2)ccc1[N+](=O)[O-]. The number of nitro benzene ring substituents is 1. The van der Waals surface area contributed by atoms with E-state index in [2.05, 4.69) is 27.3 Å². The lowest BCUT2D eigenvalue weighted by Crippen LogP contribution is -2.35. The van der Waals surface area contributed by atoms with Gasteiger partial charge in [0.25, 0.3) is 5.69 Å². The lowest BCUT2D eigenvalue weighted by molar-refractivity contribution is -0.383. The molecule has 1 saturated carbocycles. The second-order valence-electron chi connectivity index (χ2n) is 7.27. The minimum absolute atomic E-state index is 0.0306. The Morgan fingerprint density at radius 3 is 2.34 bits per heavy atom. The predicted molar refractivity (Wildman–Crippen MR) is 120 cm³/mol. The molecular formula is C20H21IN2O5S. The number of hydrogen-bond acceptors (Lipinski definition) is 5. The molecule has 2 aromatic carbocycles. The van der Waals surface area contributed by atoms with E-state index in [-0.39, 0.29) is 28.6 Å². The first-order valence-corrected chi connectivity index (χ1v) is 11.9. The molecule has 0 bridgehead atoms. The van der Waals surface area contributed by atoms with Gasteiger partial charge in [0, 0.05) is 20.8 Å². The van der Waals surface area contributed by atoms with Crippen LogP contribution in [0, 0.1) is 19.6 Å². The fraction of sp³-hybridized carbons (Fsp3) is 0.350. The van der Waals surface area contributed by atoms with Crippen LogP contribution in [-0.4, -0.2) is 24.4 Å². The molecule has 1 aliphatic rings. The molecule has 1 aliphatic carbocycles. The molecule has 2 atom stereocenters. The molecular weight excluding hydrogens is 507 g/mol. The van der Waals surface area contributed by atoms with Crippen LogP contribution in [0.25, 0.3) is 0 Å². The third kappa shape index (κ3) is 4.95. The van der Waals surface area contributed by atoms with Gasteiger partial charge in [0.15, 0.2) is 5.78 Å². The van der Waals surface area contributed by atoms with Crippen LogP contribution in [0.1, 0.15) is 48.5 Å². The summed E-state index contributed by atoms with van der Waals surface area (Å²) in [4.78, 5) is 23.5. The summed E-state index contributed by atoms with van der Waals surface area (Å²) < 4.78 is 29.2. The fourth-order valence-corrected chi connectivity index (χ4v) is 5.86. The number of carbonyl (C=O) groups excluding carboxylic acids is 1. The number of nitrogens with one attached hydrogen (secondary N) is 1. The zero-order valence-corrected chi connectivity index (χ0v) is 18.8. The molecule has 0 aromatic heterocycles. The van der Waals surface area contributed by atoms with Crippen molar-refractivity contribution < 1.29 is 18.1 Å². The first kappa shape index (κ1) is 21.7. The van der Waals surface area contributed by atoms with Crippen molar-refractivity contribution in [3.8, 4) is 0 Å². The zero-order chi connectivity index (χ0) is 21.2. The van der Waals surface area contributed by atoms with Gasteiger partial charge in [-0.05, 0) is 77.7 Å². The molecule has 0 radical (unpaired) electrons. The van der Waals surface area contributed by atoms with Gasteiger partial charge in [-0.1, -0.05) is 19.8 Å². The van der Waals surface area contributed by atoms with E-state index in [1.165, 1.54) is 18.2 Å². The van der Waals surface area contributed by atoms with Gasteiger partial charge in [-0.25, -0.2) is 8.42 Å². The lowest BCUT2D eigenvalue weighted by Gasteiger charge is -2.28. The van der Waals surface area contributed by atoms with Crippen LogP contribution in [0.3, 0.4) is 0 Å². The molecule has 1 N–H and O–H groups in total. The molecule has 0 spiro atoms. The number of nitro groups is 1. The Bertz CT molecular complexity index is 1040. The summed E-state index contributed by atoms with van der Waals surface area (Å²) in [5, 5.41) is 10.8. The Hall–Kier alpha value is -2.01. The predicted octanol–water partition coefficient (Wildman–Crippen LogP) is 4.75. The normalized spacial score (nSPS) is 19.5. The monoisotopic (exact) mass is 528 g/mol. The second kappa shape index (κ2) is 8.78. The van der Waals surface area contributed by atoms with E-state index in [9.17, 15) is 23.3 Å². The summed E-state index contributed by atoms with van der Waals surface area (Å²) >= 11 is 2.13. The molecule has 0 heterocycles. The van der Waals surface area contributed by atoms with E-state index in [0.29, 0.717) is 12.0 Å². The van der Waals surface area contributed by atoms with Crippen molar-refractivity contribution in [2.45, 2.75) is 37.9 Å². The van der Waals surface area contributed by atoms with Crippen molar-refractivity contribution in [3.63, 3.8) is 0 Å². The summed E-state index contributed by atoms with van der Waals surface area (Å²) in [5.74, 6) is -0.361. The van der Waals surface area contributed by atoms with Gasteiger partial charge >= 0.3 is 0 Å². The third-order valence-electron chi connectivity index (χ3n) is 5.25. The van der Waals surface area contributed by atoms with Gasteiger partial charge in [-0.3, -0.25) is 19.6 Å². The molecule has 9 heteroatoms. The molecule has 29 heavy (non-hydrogen) atoms. The van der Waals surface area contributed by atoms with Crippen LogP contribution < -0.4 is 4.72 Å². The van der Waals surface area contributed by atoms with E-state index in [1.807, 2.05) is 6.92 Å². The minimum Gasteiger partial charge on any atom is -0.289 e.